The molecule has 0 fully saturated rings. The van der Waals surface area contributed by atoms with Gasteiger partial charge in [-0.05, 0) is 75.2 Å². The molecule has 9 nitrogen and oxygen atoms in total. The minimum absolute atomic E-state index is 0.0249. The largest absolute Gasteiger partial charge is 0.497 e. The molecule has 0 heterocycles. The number of carbonyl (C=O) groups excluding carboxylic acids is 2. The van der Waals surface area contributed by atoms with Gasteiger partial charge < -0.3 is 19.7 Å². The van der Waals surface area contributed by atoms with Crippen LogP contribution in [0, 0.1) is 6.92 Å². The van der Waals surface area contributed by atoms with E-state index in [-0.39, 0.29) is 34.8 Å². The summed E-state index contributed by atoms with van der Waals surface area (Å²) in [5.41, 5.74) is 2.00. The molecule has 0 unspecified atom stereocenters. The van der Waals surface area contributed by atoms with E-state index in [0.29, 0.717) is 5.75 Å². The summed E-state index contributed by atoms with van der Waals surface area (Å²) in [6.45, 7) is 6.80. The lowest BCUT2D eigenvalue weighted by molar-refractivity contribution is -0.139. The molecule has 3 aromatic carbocycles. The summed E-state index contributed by atoms with van der Waals surface area (Å²) in [4.78, 5) is 28.5. The molecule has 0 bridgehead atoms. The van der Waals surface area contributed by atoms with Gasteiger partial charge in [0.1, 0.15) is 24.1 Å². The number of anilines is 1. The molecule has 0 saturated carbocycles. The fourth-order valence-corrected chi connectivity index (χ4v) is 5.61. The summed E-state index contributed by atoms with van der Waals surface area (Å²) >= 11 is 0. The van der Waals surface area contributed by atoms with Gasteiger partial charge in [-0.3, -0.25) is 13.9 Å². The average Bonchev–Trinajstić information content (AvgIpc) is 2.94. The number of carbonyl (C=O) groups is 2. The molecule has 0 saturated heterocycles. The van der Waals surface area contributed by atoms with Crippen LogP contribution in [0.15, 0.2) is 77.7 Å². The first-order valence-corrected chi connectivity index (χ1v) is 14.4. The molecule has 0 spiro atoms. The molecule has 10 heteroatoms. The van der Waals surface area contributed by atoms with Crippen molar-refractivity contribution in [2.45, 2.75) is 51.2 Å². The highest BCUT2D eigenvalue weighted by Gasteiger charge is 2.34. The van der Waals surface area contributed by atoms with Crippen LogP contribution in [-0.2, 0) is 26.2 Å². The van der Waals surface area contributed by atoms with Crippen LogP contribution in [-0.4, -0.2) is 58.0 Å². The lowest BCUT2D eigenvalue weighted by atomic mass is 10.1. The second-order valence-electron chi connectivity index (χ2n) is 9.65. The summed E-state index contributed by atoms with van der Waals surface area (Å²) < 4.78 is 39.7. The van der Waals surface area contributed by atoms with Gasteiger partial charge in [0, 0.05) is 12.6 Å². The van der Waals surface area contributed by atoms with Gasteiger partial charge in [0.25, 0.3) is 10.0 Å². The summed E-state index contributed by atoms with van der Waals surface area (Å²) in [5, 5.41) is 2.85. The number of hydrogen-bond donors (Lipinski definition) is 1. The topological polar surface area (TPSA) is 105 Å². The van der Waals surface area contributed by atoms with E-state index >= 15 is 0 Å². The van der Waals surface area contributed by atoms with Crippen LogP contribution >= 0.6 is 0 Å². The number of hydrogen-bond acceptors (Lipinski definition) is 6. The third-order valence-electron chi connectivity index (χ3n) is 6.48. The number of aryl methyl sites for hydroxylation is 1. The van der Waals surface area contributed by atoms with E-state index < -0.39 is 28.5 Å². The van der Waals surface area contributed by atoms with Crippen molar-refractivity contribution in [2.24, 2.45) is 0 Å². The number of para-hydroxylation sites is 2. The van der Waals surface area contributed by atoms with Gasteiger partial charge in [-0.2, -0.15) is 0 Å². The maximum atomic E-state index is 14.0. The van der Waals surface area contributed by atoms with E-state index in [0.717, 1.165) is 15.4 Å². The highest BCUT2D eigenvalue weighted by atomic mass is 32.2. The average molecular weight is 568 g/mol. The second kappa shape index (κ2) is 13.3. The quantitative estimate of drug-likeness (QED) is 0.353. The maximum Gasteiger partial charge on any atom is 0.264 e. The van der Waals surface area contributed by atoms with Crippen LogP contribution < -0.4 is 19.1 Å². The van der Waals surface area contributed by atoms with Crippen molar-refractivity contribution in [3.63, 3.8) is 0 Å². The van der Waals surface area contributed by atoms with Gasteiger partial charge in [-0.25, -0.2) is 8.42 Å². The minimum Gasteiger partial charge on any atom is -0.497 e. The fourth-order valence-electron chi connectivity index (χ4n) is 4.18. The zero-order valence-electron chi connectivity index (χ0n) is 23.7. The number of methoxy groups -OCH3 is 2. The Morgan fingerprint density at radius 3 is 2.10 bits per heavy atom. The smallest absolute Gasteiger partial charge is 0.264 e. The Hall–Kier alpha value is -4.05. The number of sulfonamides is 1. The zero-order chi connectivity index (χ0) is 29.4. The molecular formula is C30H37N3O6S. The van der Waals surface area contributed by atoms with Crippen LogP contribution in [0.25, 0.3) is 0 Å². The van der Waals surface area contributed by atoms with Crippen LogP contribution in [0.1, 0.15) is 31.9 Å². The number of ether oxygens (including phenoxy) is 2. The standard InChI is InChI=1S/C30H37N3O6S/c1-21(2)31-30(35)23(4)32(19-24-12-8-7-11-22(24)3)29(34)20-33(27-13-9-10-14-28(27)39-6)40(36,37)26-17-15-25(38-5)16-18-26/h7-18,21,23H,19-20H2,1-6H3,(H,31,35)/t23-/m1/s1. The van der Waals surface area contributed by atoms with Gasteiger partial charge in [-0.1, -0.05) is 36.4 Å². The van der Waals surface area contributed by atoms with Crippen molar-refractivity contribution in [3.05, 3.63) is 83.9 Å². The Bertz CT molecular complexity index is 1420. The molecule has 0 radical (unpaired) electrons. The van der Waals surface area contributed by atoms with E-state index in [9.17, 15) is 18.0 Å². The highest BCUT2D eigenvalue weighted by molar-refractivity contribution is 7.92. The molecule has 40 heavy (non-hydrogen) atoms. The predicted molar refractivity (Wildman–Crippen MR) is 155 cm³/mol. The van der Waals surface area contributed by atoms with E-state index in [1.807, 2.05) is 45.0 Å². The SMILES string of the molecule is COc1ccc(S(=O)(=O)N(CC(=O)N(Cc2ccccc2C)[C@H](C)C(=O)NC(C)C)c2ccccc2OC)cc1. The lowest BCUT2D eigenvalue weighted by Crippen LogP contribution is -2.52. The normalized spacial score (nSPS) is 12.0. The Balaban J connectivity index is 2.08. The number of nitrogens with one attached hydrogen (secondary N) is 1. The Labute approximate surface area is 236 Å². The molecule has 3 aromatic rings. The van der Waals surface area contributed by atoms with Gasteiger partial charge in [0.15, 0.2) is 0 Å². The molecule has 0 aromatic heterocycles. The first kappa shape index (κ1) is 30.5. The maximum absolute atomic E-state index is 14.0. The van der Waals surface area contributed by atoms with Crippen molar-refractivity contribution in [2.75, 3.05) is 25.1 Å². The Morgan fingerprint density at radius 2 is 1.50 bits per heavy atom. The zero-order valence-corrected chi connectivity index (χ0v) is 24.6. The molecular weight excluding hydrogens is 530 g/mol. The Morgan fingerprint density at radius 1 is 0.875 bits per heavy atom. The molecule has 0 aliphatic carbocycles. The van der Waals surface area contributed by atoms with E-state index in [1.54, 1.807) is 31.2 Å². The van der Waals surface area contributed by atoms with Crippen LogP contribution in [0.3, 0.4) is 0 Å². The number of benzene rings is 3. The fraction of sp³-hybridized carbons (Fsp3) is 0.333. The summed E-state index contributed by atoms with van der Waals surface area (Å²) in [5.74, 6) is -0.104. The van der Waals surface area contributed by atoms with Gasteiger partial charge in [-0.15, -0.1) is 0 Å². The third kappa shape index (κ3) is 7.12. The van der Waals surface area contributed by atoms with Crippen molar-refractivity contribution in [3.8, 4) is 11.5 Å². The summed E-state index contributed by atoms with van der Waals surface area (Å²) in [7, 11) is -1.32. The second-order valence-corrected chi connectivity index (χ2v) is 11.5. The van der Waals surface area contributed by atoms with Crippen LogP contribution in [0.4, 0.5) is 5.69 Å². The summed E-state index contributed by atoms with van der Waals surface area (Å²) in [6, 6.07) is 19.1. The van der Waals surface area contributed by atoms with Crippen molar-refractivity contribution in [1.29, 1.82) is 0 Å². The first-order valence-electron chi connectivity index (χ1n) is 12.9. The molecule has 1 N–H and O–H groups in total. The van der Waals surface area contributed by atoms with Crippen molar-refractivity contribution >= 4 is 27.5 Å². The lowest BCUT2D eigenvalue weighted by Gasteiger charge is -2.33. The predicted octanol–water partition coefficient (Wildman–Crippen LogP) is 4.15. The van der Waals surface area contributed by atoms with Gasteiger partial charge in [0.2, 0.25) is 11.8 Å². The molecule has 1 atom stereocenters. The number of amides is 2. The van der Waals surface area contributed by atoms with E-state index in [1.165, 1.54) is 43.4 Å². The molecule has 2 amide bonds. The molecule has 0 aliphatic rings. The van der Waals surface area contributed by atoms with E-state index in [4.69, 9.17) is 9.47 Å². The monoisotopic (exact) mass is 567 g/mol. The number of rotatable bonds is 12. The minimum atomic E-state index is -4.24. The first-order chi connectivity index (χ1) is 19.0. The van der Waals surface area contributed by atoms with Crippen LogP contribution in [0.2, 0.25) is 0 Å². The molecule has 3 rings (SSSR count). The van der Waals surface area contributed by atoms with Crippen molar-refractivity contribution < 1.29 is 27.5 Å². The highest BCUT2D eigenvalue weighted by Crippen LogP contribution is 2.33. The summed E-state index contributed by atoms with van der Waals surface area (Å²) in [6.07, 6.45) is 0. The third-order valence-corrected chi connectivity index (χ3v) is 8.25. The molecule has 0 aliphatic heterocycles. The van der Waals surface area contributed by atoms with E-state index in [2.05, 4.69) is 5.32 Å². The Kier molecular flexibility index (Phi) is 10.2. The van der Waals surface area contributed by atoms with Gasteiger partial charge in [0.05, 0.1) is 24.8 Å². The molecule has 214 valence electrons. The van der Waals surface area contributed by atoms with Crippen molar-refractivity contribution in [1.82, 2.24) is 10.2 Å². The van der Waals surface area contributed by atoms with Crippen LogP contribution in [0.5, 0.6) is 11.5 Å². The number of nitrogens with zero attached hydrogens (tertiary/aromatic N) is 2. The van der Waals surface area contributed by atoms with Gasteiger partial charge >= 0.3 is 0 Å².